The third kappa shape index (κ3) is 7.95. The molecule has 158 valence electrons. The minimum Gasteiger partial charge on any atom is -0.491 e. The van der Waals surface area contributed by atoms with E-state index in [-0.39, 0.29) is 5.91 Å². The highest BCUT2D eigenvalue weighted by Gasteiger charge is 2.10. The second-order valence-electron chi connectivity index (χ2n) is 6.55. The Balaban J connectivity index is 1.87. The van der Waals surface area contributed by atoms with Gasteiger partial charge in [-0.2, -0.15) is 5.26 Å². The van der Waals surface area contributed by atoms with Crippen molar-refractivity contribution in [1.29, 1.82) is 5.26 Å². The minimum absolute atomic E-state index is 0.0538. The molecule has 2 rings (SSSR count). The first kappa shape index (κ1) is 22.9. The fourth-order valence-corrected chi connectivity index (χ4v) is 2.53. The van der Waals surface area contributed by atoms with Gasteiger partial charge in [-0.05, 0) is 50.8 Å². The molecule has 1 aromatic carbocycles. The van der Waals surface area contributed by atoms with E-state index >= 15 is 0 Å². The van der Waals surface area contributed by atoms with Crippen LogP contribution in [0.15, 0.2) is 36.5 Å². The van der Waals surface area contributed by atoms with Crippen LogP contribution < -0.4 is 20.7 Å². The van der Waals surface area contributed by atoms with Crippen molar-refractivity contribution in [1.82, 2.24) is 15.2 Å². The summed E-state index contributed by atoms with van der Waals surface area (Å²) in [7, 11) is 3.65. The number of nitrogens with one attached hydrogen (secondary N) is 3. The van der Waals surface area contributed by atoms with Gasteiger partial charge in [-0.3, -0.25) is 10.1 Å². The van der Waals surface area contributed by atoms with Crippen LogP contribution in [0.5, 0.6) is 5.75 Å². The number of amides is 3. The number of pyridine rings is 1. The average Bonchev–Trinajstić information content (AvgIpc) is 2.69. The Morgan fingerprint density at radius 1 is 1.23 bits per heavy atom. The highest BCUT2D eigenvalue weighted by Crippen LogP contribution is 2.28. The Kier molecular flexibility index (Phi) is 8.87. The number of likely N-dealkylation sites (N-methyl/N-ethyl adjacent to an activating group) is 1. The van der Waals surface area contributed by atoms with Crippen molar-refractivity contribution < 1.29 is 14.3 Å². The van der Waals surface area contributed by atoms with Gasteiger partial charge in [0, 0.05) is 17.8 Å². The number of hydrogen-bond donors (Lipinski definition) is 3. The number of aromatic nitrogens is 1. The maximum Gasteiger partial charge on any atom is 0.324 e. The largest absolute Gasteiger partial charge is 0.491 e. The monoisotopic (exact) mass is 430 g/mol. The van der Waals surface area contributed by atoms with Gasteiger partial charge < -0.3 is 20.3 Å². The summed E-state index contributed by atoms with van der Waals surface area (Å²) in [6.45, 7) is 1.15. The first-order chi connectivity index (χ1) is 14.4. The first-order valence-electron chi connectivity index (χ1n) is 9.15. The van der Waals surface area contributed by atoms with Crippen LogP contribution in [0.4, 0.5) is 16.3 Å². The van der Waals surface area contributed by atoms with Crippen molar-refractivity contribution in [2.24, 2.45) is 0 Å². The molecule has 0 saturated carbocycles. The Hall–Kier alpha value is -3.35. The van der Waals surface area contributed by atoms with Crippen LogP contribution in [-0.2, 0) is 4.79 Å². The van der Waals surface area contributed by atoms with Crippen molar-refractivity contribution >= 4 is 35.0 Å². The van der Waals surface area contributed by atoms with Crippen molar-refractivity contribution in [3.63, 3.8) is 0 Å². The molecule has 9 nitrogen and oxygen atoms in total. The molecule has 0 spiro atoms. The number of benzene rings is 1. The van der Waals surface area contributed by atoms with Crippen LogP contribution in [0.2, 0.25) is 5.02 Å². The van der Waals surface area contributed by atoms with Crippen molar-refractivity contribution in [3.05, 3.63) is 47.1 Å². The van der Waals surface area contributed by atoms with Gasteiger partial charge in [-0.15, -0.1) is 0 Å². The van der Waals surface area contributed by atoms with E-state index in [1.54, 1.807) is 29.2 Å². The SMILES string of the molecule is CN(C)CC(=O)NCCCOc1ccc(Cl)cc1NC(=O)Nc1ccc(C#N)cn1. The minimum atomic E-state index is -0.532. The van der Waals surface area contributed by atoms with Gasteiger partial charge in [0.15, 0.2) is 0 Å². The summed E-state index contributed by atoms with van der Waals surface area (Å²) in [5, 5.41) is 17.3. The molecule has 3 N–H and O–H groups in total. The molecular weight excluding hydrogens is 408 g/mol. The summed E-state index contributed by atoms with van der Waals surface area (Å²) in [6, 6.07) is 9.38. The molecule has 0 fully saturated rings. The van der Waals surface area contributed by atoms with Crippen molar-refractivity contribution in [3.8, 4) is 11.8 Å². The lowest BCUT2D eigenvalue weighted by Gasteiger charge is -2.14. The summed E-state index contributed by atoms with van der Waals surface area (Å²) < 4.78 is 5.72. The topological polar surface area (TPSA) is 119 Å². The van der Waals surface area contributed by atoms with Gasteiger partial charge >= 0.3 is 6.03 Å². The quantitative estimate of drug-likeness (QED) is 0.526. The maximum absolute atomic E-state index is 12.3. The molecule has 0 atom stereocenters. The van der Waals surface area contributed by atoms with Crippen LogP contribution in [-0.4, -0.2) is 55.6 Å². The number of carbonyl (C=O) groups excluding carboxylic acids is 2. The molecule has 0 aliphatic carbocycles. The zero-order valence-electron chi connectivity index (χ0n) is 16.7. The fraction of sp³-hybridized carbons (Fsp3) is 0.300. The average molecular weight is 431 g/mol. The molecule has 1 heterocycles. The van der Waals surface area contributed by atoms with E-state index in [1.165, 1.54) is 12.3 Å². The lowest BCUT2D eigenvalue weighted by Crippen LogP contribution is -2.34. The second kappa shape index (κ2) is 11.6. The van der Waals surface area contributed by atoms with Crippen molar-refractivity contribution in [2.75, 3.05) is 44.4 Å². The summed E-state index contributed by atoms with van der Waals surface area (Å²) >= 11 is 6.03. The lowest BCUT2D eigenvalue weighted by atomic mass is 10.3. The lowest BCUT2D eigenvalue weighted by molar-refractivity contribution is -0.121. The number of carbonyl (C=O) groups is 2. The van der Waals surface area contributed by atoms with E-state index in [0.717, 1.165) is 0 Å². The van der Waals surface area contributed by atoms with Gasteiger partial charge in [-0.25, -0.2) is 9.78 Å². The smallest absolute Gasteiger partial charge is 0.324 e. The summed E-state index contributed by atoms with van der Waals surface area (Å²) in [6.07, 6.45) is 1.96. The van der Waals surface area contributed by atoms with Gasteiger partial charge in [0.1, 0.15) is 17.6 Å². The third-order valence-corrected chi connectivity index (χ3v) is 3.92. The predicted octanol–water partition coefficient (Wildman–Crippen LogP) is 2.70. The number of anilines is 2. The molecule has 0 radical (unpaired) electrons. The van der Waals surface area contributed by atoms with Crippen LogP contribution in [0, 0.1) is 11.3 Å². The van der Waals surface area contributed by atoms with Crippen LogP contribution in [0.1, 0.15) is 12.0 Å². The highest BCUT2D eigenvalue weighted by atomic mass is 35.5. The molecule has 2 aromatic rings. The molecule has 10 heteroatoms. The Labute approximate surface area is 180 Å². The highest BCUT2D eigenvalue weighted by molar-refractivity contribution is 6.31. The number of nitriles is 1. The van der Waals surface area contributed by atoms with Gasteiger partial charge in [0.05, 0.1) is 24.4 Å². The van der Waals surface area contributed by atoms with Crippen LogP contribution in [0.25, 0.3) is 0 Å². The molecular formula is C20H23ClN6O3. The molecule has 3 amide bonds. The number of ether oxygens (including phenoxy) is 1. The summed E-state index contributed by atoms with van der Waals surface area (Å²) in [4.78, 5) is 29.6. The fourth-order valence-electron chi connectivity index (χ4n) is 2.35. The third-order valence-electron chi connectivity index (χ3n) is 3.68. The van der Waals surface area contributed by atoms with Crippen molar-refractivity contribution in [2.45, 2.75) is 6.42 Å². The van der Waals surface area contributed by atoms with Crippen LogP contribution >= 0.6 is 11.6 Å². The number of nitrogens with zero attached hydrogens (tertiary/aromatic N) is 3. The second-order valence-corrected chi connectivity index (χ2v) is 6.99. The first-order valence-corrected chi connectivity index (χ1v) is 9.53. The van der Waals surface area contributed by atoms with E-state index in [0.29, 0.717) is 54.0 Å². The Morgan fingerprint density at radius 2 is 2.03 bits per heavy atom. The standard InChI is InChI=1S/C20H23ClN6O3/c1-27(2)13-19(28)23-8-3-9-30-17-6-5-15(21)10-16(17)25-20(29)26-18-7-4-14(11-22)12-24-18/h4-7,10,12H,3,8-9,13H2,1-2H3,(H,23,28)(H2,24,25,26,29). The Bertz CT molecular complexity index is 912. The van der Waals surface area contributed by atoms with E-state index in [9.17, 15) is 9.59 Å². The normalized spacial score (nSPS) is 10.2. The molecule has 0 bridgehead atoms. The molecule has 1 aromatic heterocycles. The summed E-state index contributed by atoms with van der Waals surface area (Å²) in [5.74, 6) is 0.688. The zero-order valence-corrected chi connectivity index (χ0v) is 17.5. The number of hydrogen-bond acceptors (Lipinski definition) is 6. The van der Waals surface area contributed by atoms with Gasteiger partial charge in [0.2, 0.25) is 5.91 Å². The summed E-state index contributed by atoms with van der Waals surface area (Å²) in [5.41, 5.74) is 0.787. The molecule has 0 unspecified atom stereocenters. The van der Waals surface area contributed by atoms with Gasteiger partial charge in [0.25, 0.3) is 0 Å². The number of urea groups is 1. The maximum atomic E-state index is 12.3. The van der Waals surface area contributed by atoms with E-state index in [4.69, 9.17) is 21.6 Å². The molecule has 0 saturated heterocycles. The molecule has 30 heavy (non-hydrogen) atoms. The molecule has 0 aliphatic heterocycles. The predicted molar refractivity (Wildman–Crippen MR) is 115 cm³/mol. The van der Waals surface area contributed by atoms with Crippen LogP contribution in [0.3, 0.4) is 0 Å². The molecule has 0 aliphatic rings. The van der Waals surface area contributed by atoms with E-state index in [1.807, 2.05) is 20.2 Å². The van der Waals surface area contributed by atoms with E-state index < -0.39 is 6.03 Å². The van der Waals surface area contributed by atoms with Gasteiger partial charge in [-0.1, -0.05) is 11.6 Å². The van der Waals surface area contributed by atoms with E-state index in [2.05, 4.69) is 20.9 Å². The number of halogens is 1. The zero-order chi connectivity index (χ0) is 21.9. The number of rotatable bonds is 9. The Morgan fingerprint density at radius 3 is 2.70 bits per heavy atom.